The predicted molar refractivity (Wildman–Crippen MR) is 87.9 cm³/mol. The van der Waals surface area contributed by atoms with E-state index >= 15 is 0 Å². The van der Waals surface area contributed by atoms with E-state index in [1.165, 1.54) is 5.56 Å². The molecule has 0 unspecified atom stereocenters. The van der Waals surface area contributed by atoms with Crippen molar-refractivity contribution in [2.24, 2.45) is 0 Å². The Bertz CT molecular complexity index is 448. The molecule has 4 nitrogen and oxygen atoms in total. The summed E-state index contributed by atoms with van der Waals surface area (Å²) in [6.45, 7) is 6.72. The normalized spacial score (nSPS) is 12.4. The third-order valence-electron chi connectivity index (χ3n) is 4.11. The van der Waals surface area contributed by atoms with Crippen LogP contribution in [0.1, 0.15) is 62.9 Å². The van der Waals surface area contributed by atoms with Gasteiger partial charge in [0.15, 0.2) is 12.6 Å². The van der Waals surface area contributed by atoms with Crippen LogP contribution < -0.4 is 0 Å². The van der Waals surface area contributed by atoms with Crippen molar-refractivity contribution >= 4 is 0 Å². The fraction of sp³-hybridized carbons (Fsp3) is 0.667. The topological polar surface area (TPSA) is 36.9 Å². The summed E-state index contributed by atoms with van der Waals surface area (Å²) in [7, 11) is 6.52. The minimum Gasteiger partial charge on any atom is -0.352 e. The second-order valence-corrected chi connectivity index (χ2v) is 6.08. The molecule has 0 aliphatic heterocycles. The first-order valence-electron chi connectivity index (χ1n) is 7.70. The molecule has 0 aliphatic carbocycles. The van der Waals surface area contributed by atoms with Gasteiger partial charge in [-0.15, -0.1) is 0 Å². The Hall–Kier alpha value is -0.940. The zero-order valence-electron chi connectivity index (χ0n) is 14.9. The summed E-state index contributed by atoms with van der Waals surface area (Å²) in [6, 6.07) is 6.33. The van der Waals surface area contributed by atoms with Crippen molar-refractivity contribution in [3.8, 4) is 0 Å². The Morgan fingerprint density at radius 2 is 1.36 bits per heavy atom. The maximum Gasteiger partial charge on any atom is 0.183 e. The standard InChI is InChI=1S/C18H30O4/c1-8-11-18(2,3)13-9-10-14(16(19-4)20-5)15(12-13)17(21-6)22-7/h9-10,12,16-17H,8,11H2,1-7H3. The summed E-state index contributed by atoms with van der Waals surface area (Å²) >= 11 is 0. The molecule has 1 aromatic carbocycles. The number of ether oxygens (including phenoxy) is 4. The molecular formula is C18H30O4. The Morgan fingerprint density at radius 3 is 1.82 bits per heavy atom. The van der Waals surface area contributed by atoms with Crippen molar-refractivity contribution in [1.29, 1.82) is 0 Å². The first-order valence-corrected chi connectivity index (χ1v) is 7.70. The highest BCUT2D eigenvalue weighted by molar-refractivity contribution is 5.37. The summed E-state index contributed by atoms with van der Waals surface area (Å²) in [6.07, 6.45) is 1.38. The number of benzene rings is 1. The molecule has 0 N–H and O–H groups in total. The summed E-state index contributed by atoms with van der Waals surface area (Å²) in [4.78, 5) is 0. The number of hydrogen-bond donors (Lipinski definition) is 0. The lowest BCUT2D eigenvalue weighted by Gasteiger charge is -2.28. The zero-order valence-corrected chi connectivity index (χ0v) is 14.9. The molecule has 0 radical (unpaired) electrons. The maximum atomic E-state index is 5.46. The van der Waals surface area contributed by atoms with E-state index in [0.717, 1.165) is 24.0 Å². The van der Waals surface area contributed by atoms with Gasteiger partial charge in [-0.05, 0) is 23.5 Å². The Morgan fingerprint density at radius 1 is 0.864 bits per heavy atom. The summed E-state index contributed by atoms with van der Waals surface area (Å²) in [5.41, 5.74) is 3.23. The first-order chi connectivity index (χ1) is 10.4. The highest BCUT2D eigenvalue weighted by atomic mass is 16.7. The Kier molecular flexibility index (Phi) is 7.49. The molecule has 0 amide bonds. The zero-order chi connectivity index (χ0) is 16.8. The smallest absolute Gasteiger partial charge is 0.183 e. The second kappa shape index (κ2) is 8.63. The molecule has 0 bridgehead atoms. The van der Waals surface area contributed by atoms with Crippen molar-refractivity contribution in [2.45, 2.75) is 51.6 Å². The van der Waals surface area contributed by atoms with Gasteiger partial charge in [-0.3, -0.25) is 0 Å². The van der Waals surface area contributed by atoms with E-state index in [-0.39, 0.29) is 5.41 Å². The van der Waals surface area contributed by atoms with E-state index < -0.39 is 12.6 Å². The molecule has 126 valence electrons. The van der Waals surface area contributed by atoms with E-state index in [1.54, 1.807) is 28.4 Å². The van der Waals surface area contributed by atoms with E-state index in [9.17, 15) is 0 Å². The minimum absolute atomic E-state index is 0.101. The molecule has 22 heavy (non-hydrogen) atoms. The SMILES string of the molecule is CCCC(C)(C)c1ccc(C(OC)OC)c(C(OC)OC)c1. The molecule has 0 atom stereocenters. The van der Waals surface area contributed by atoms with Crippen molar-refractivity contribution in [1.82, 2.24) is 0 Å². The average Bonchev–Trinajstić information content (AvgIpc) is 2.50. The molecule has 1 rings (SSSR count). The van der Waals surface area contributed by atoms with Crippen LogP contribution in [0.3, 0.4) is 0 Å². The molecule has 1 aromatic rings. The molecule has 0 aliphatic rings. The lowest BCUT2D eigenvalue weighted by Crippen LogP contribution is -2.19. The van der Waals surface area contributed by atoms with Crippen LogP contribution in [-0.2, 0) is 24.4 Å². The van der Waals surface area contributed by atoms with Gasteiger partial charge in [-0.1, -0.05) is 39.3 Å². The fourth-order valence-electron chi connectivity index (χ4n) is 2.88. The van der Waals surface area contributed by atoms with Crippen LogP contribution >= 0.6 is 0 Å². The molecule has 0 heterocycles. The largest absolute Gasteiger partial charge is 0.352 e. The summed E-state index contributed by atoms with van der Waals surface area (Å²) in [5, 5.41) is 0. The van der Waals surface area contributed by atoms with E-state index in [0.29, 0.717) is 0 Å². The predicted octanol–water partition coefficient (Wildman–Crippen LogP) is 4.35. The van der Waals surface area contributed by atoms with E-state index in [2.05, 4.69) is 32.9 Å². The van der Waals surface area contributed by atoms with Gasteiger partial charge in [0.1, 0.15) is 0 Å². The molecule has 0 spiro atoms. The van der Waals surface area contributed by atoms with Crippen LogP contribution in [0.4, 0.5) is 0 Å². The van der Waals surface area contributed by atoms with Gasteiger partial charge < -0.3 is 18.9 Å². The highest BCUT2D eigenvalue weighted by Crippen LogP contribution is 2.35. The van der Waals surface area contributed by atoms with Gasteiger partial charge >= 0.3 is 0 Å². The molecular weight excluding hydrogens is 280 g/mol. The van der Waals surface area contributed by atoms with Crippen LogP contribution in [-0.4, -0.2) is 28.4 Å². The minimum atomic E-state index is -0.444. The van der Waals surface area contributed by atoms with Crippen LogP contribution in [0.2, 0.25) is 0 Å². The molecule has 0 fully saturated rings. The van der Waals surface area contributed by atoms with Gasteiger partial charge in [0.2, 0.25) is 0 Å². The van der Waals surface area contributed by atoms with Crippen LogP contribution in [0.5, 0.6) is 0 Å². The summed E-state index contributed by atoms with van der Waals surface area (Å²) < 4.78 is 21.7. The number of rotatable bonds is 9. The fourth-order valence-corrected chi connectivity index (χ4v) is 2.88. The molecule has 0 saturated carbocycles. The Labute approximate surface area is 134 Å². The van der Waals surface area contributed by atoms with Gasteiger partial charge in [0.25, 0.3) is 0 Å². The third kappa shape index (κ3) is 4.29. The van der Waals surface area contributed by atoms with E-state index in [4.69, 9.17) is 18.9 Å². The lowest BCUT2D eigenvalue weighted by atomic mass is 9.79. The Balaban J connectivity index is 3.36. The monoisotopic (exact) mass is 310 g/mol. The van der Waals surface area contributed by atoms with Gasteiger partial charge in [0.05, 0.1) is 0 Å². The average molecular weight is 310 g/mol. The maximum absolute atomic E-state index is 5.46. The van der Waals surface area contributed by atoms with Gasteiger partial charge in [0, 0.05) is 39.6 Å². The van der Waals surface area contributed by atoms with Crippen molar-refractivity contribution in [3.05, 3.63) is 34.9 Å². The van der Waals surface area contributed by atoms with Crippen molar-refractivity contribution in [3.63, 3.8) is 0 Å². The quantitative estimate of drug-likeness (QED) is 0.636. The van der Waals surface area contributed by atoms with Gasteiger partial charge in [-0.2, -0.15) is 0 Å². The van der Waals surface area contributed by atoms with Crippen molar-refractivity contribution in [2.75, 3.05) is 28.4 Å². The molecule has 4 heteroatoms. The van der Waals surface area contributed by atoms with Crippen LogP contribution in [0.15, 0.2) is 18.2 Å². The van der Waals surface area contributed by atoms with Crippen molar-refractivity contribution < 1.29 is 18.9 Å². The second-order valence-electron chi connectivity index (χ2n) is 6.08. The third-order valence-corrected chi connectivity index (χ3v) is 4.11. The van der Waals surface area contributed by atoms with Crippen LogP contribution in [0.25, 0.3) is 0 Å². The highest BCUT2D eigenvalue weighted by Gasteiger charge is 2.25. The lowest BCUT2D eigenvalue weighted by molar-refractivity contribution is -0.123. The van der Waals surface area contributed by atoms with Crippen LogP contribution in [0, 0.1) is 0 Å². The molecule has 0 aromatic heterocycles. The summed E-state index contributed by atoms with van der Waals surface area (Å²) in [5.74, 6) is 0. The number of hydrogen-bond acceptors (Lipinski definition) is 4. The van der Waals surface area contributed by atoms with Gasteiger partial charge in [-0.25, -0.2) is 0 Å². The number of methoxy groups -OCH3 is 4. The van der Waals surface area contributed by atoms with E-state index in [1.807, 2.05) is 6.07 Å². The molecule has 0 saturated heterocycles. The first kappa shape index (κ1) is 19.1.